The van der Waals surface area contributed by atoms with E-state index in [1.54, 1.807) is 37.5 Å². The maximum absolute atomic E-state index is 12.6. The third-order valence-corrected chi connectivity index (χ3v) is 3.67. The summed E-state index contributed by atoms with van der Waals surface area (Å²) in [6.45, 7) is 1.54. The van der Waals surface area contributed by atoms with Gasteiger partial charge in [-0.05, 0) is 38.0 Å². The molecule has 1 heterocycles. The van der Waals surface area contributed by atoms with Crippen LogP contribution in [0, 0.1) is 0 Å². The van der Waals surface area contributed by atoms with Crippen LogP contribution in [-0.4, -0.2) is 43.9 Å². The van der Waals surface area contributed by atoms with Crippen LogP contribution in [0.3, 0.4) is 0 Å². The van der Waals surface area contributed by atoms with Gasteiger partial charge in [-0.2, -0.15) is 0 Å². The van der Waals surface area contributed by atoms with Gasteiger partial charge in [0.15, 0.2) is 0 Å². The Morgan fingerprint density at radius 1 is 1.24 bits per heavy atom. The molecule has 3 rings (SSSR count). The molecular weight excluding hydrogens is 270 g/mol. The van der Waals surface area contributed by atoms with Gasteiger partial charge in [-0.1, -0.05) is 0 Å². The normalized spacial score (nSPS) is 15.7. The average Bonchev–Trinajstić information content (AvgIpc) is 3.31. The first-order valence-electron chi connectivity index (χ1n) is 6.84. The first-order valence-corrected chi connectivity index (χ1v) is 6.84. The molecule has 21 heavy (non-hydrogen) atoms. The van der Waals surface area contributed by atoms with E-state index in [0.717, 1.165) is 12.8 Å². The summed E-state index contributed by atoms with van der Waals surface area (Å²) < 4.78 is 0. The smallest absolute Gasteiger partial charge is 0.326 e. The number of benzene rings is 1. The first kappa shape index (κ1) is 13.5. The van der Waals surface area contributed by atoms with E-state index in [0.29, 0.717) is 16.6 Å². The molecule has 0 radical (unpaired) electrons. The summed E-state index contributed by atoms with van der Waals surface area (Å²) in [7, 11) is 0. The number of nitrogens with zero attached hydrogens (tertiary/aromatic N) is 3. The molecule has 1 aliphatic rings. The maximum atomic E-state index is 12.6. The lowest BCUT2D eigenvalue weighted by Crippen LogP contribution is -2.44. The van der Waals surface area contributed by atoms with Crippen molar-refractivity contribution in [2.45, 2.75) is 31.8 Å². The van der Waals surface area contributed by atoms with Crippen LogP contribution >= 0.6 is 0 Å². The fourth-order valence-corrected chi connectivity index (χ4v) is 2.37. The van der Waals surface area contributed by atoms with Crippen LogP contribution in [0.5, 0.6) is 0 Å². The van der Waals surface area contributed by atoms with Crippen molar-refractivity contribution in [1.29, 1.82) is 0 Å². The van der Waals surface area contributed by atoms with Crippen molar-refractivity contribution in [1.82, 2.24) is 14.9 Å². The lowest BCUT2D eigenvalue weighted by molar-refractivity contribution is -0.141. The molecule has 1 aliphatic carbocycles. The highest BCUT2D eigenvalue weighted by molar-refractivity contribution is 5.99. The molecular formula is C15H15N3O3. The van der Waals surface area contributed by atoms with Gasteiger partial charge in [0.05, 0.1) is 11.0 Å². The summed E-state index contributed by atoms with van der Waals surface area (Å²) in [5.41, 5.74) is 1.78. The summed E-state index contributed by atoms with van der Waals surface area (Å²) in [5.74, 6) is -1.25. The number of hydrogen-bond donors (Lipinski definition) is 1. The van der Waals surface area contributed by atoms with E-state index >= 15 is 0 Å². The molecule has 0 aliphatic heterocycles. The van der Waals surface area contributed by atoms with E-state index in [-0.39, 0.29) is 11.9 Å². The number of carboxylic acids is 1. The second-order valence-electron chi connectivity index (χ2n) is 5.22. The Balaban J connectivity index is 1.95. The predicted octanol–water partition coefficient (Wildman–Crippen LogP) is 1.71. The molecule has 1 aromatic carbocycles. The molecule has 1 saturated carbocycles. The number of aromatic nitrogens is 2. The van der Waals surface area contributed by atoms with E-state index < -0.39 is 12.0 Å². The van der Waals surface area contributed by atoms with E-state index in [1.807, 2.05) is 0 Å². The SMILES string of the molecule is CC(C(=O)O)N(C(=O)c1ccc2nccnc2c1)C1CC1. The van der Waals surface area contributed by atoms with Gasteiger partial charge in [-0.3, -0.25) is 14.8 Å². The Hall–Kier alpha value is -2.50. The quantitative estimate of drug-likeness (QED) is 0.924. The zero-order chi connectivity index (χ0) is 15.0. The molecule has 1 fully saturated rings. The summed E-state index contributed by atoms with van der Waals surface area (Å²) in [6.07, 6.45) is 4.87. The van der Waals surface area contributed by atoms with E-state index in [4.69, 9.17) is 0 Å². The van der Waals surface area contributed by atoms with Gasteiger partial charge in [-0.15, -0.1) is 0 Å². The van der Waals surface area contributed by atoms with Gasteiger partial charge in [0, 0.05) is 24.0 Å². The van der Waals surface area contributed by atoms with Gasteiger partial charge < -0.3 is 10.0 Å². The number of fused-ring (bicyclic) bond motifs is 1. The molecule has 1 atom stereocenters. The zero-order valence-corrected chi connectivity index (χ0v) is 11.6. The number of carboxylic acid groups (broad SMARTS) is 1. The predicted molar refractivity (Wildman–Crippen MR) is 75.8 cm³/mol. The summed E-state index contributed by atoms with van der Waals surface area (Å²) in [5, 5.41) is 9.18. The lowest BCUT2D eigenvalue weighted by atomic mass is 10.1. The number of aliphatic carboxylic acids is 1. The van der Waals surface area contributed by atoms with E-state index in [1.165, 1.54) is 4.90 Å². The number of rotatable bonds is 4. The summed E-state index contributed by atoms with van der Waals surface area (Å²) in [6, 6.07) is 4.26. The topological polar surface area (TPSA) is 83.4 Å². The highest BCUT2D eigenvalue weighted by atomic mass is 16.4. The minimum absolute atomic E-state index is 0.0288. The van der Waals surface area contributed by atoms with Crippen LogP contribution in [0.1, 0.15) is 30.1 Å². The number of amides is 1. The highest BCUT2D eigenvalue weighted by Gasteiger charge is 2.38. The van der Waals surface area contributed by atoms with Crippen LogP contribution < -0.4 is 0 Å². The van der Waals surface area contributed by atoms with Crippen LogP contribution in [-0.2, 0) is 4.79 Å². The van der Waals surface area contributed by atoms with Crippen molar-refractivity contribution in [3.63, 3.8) is 0 Å². The van der Waals surface area contributed by atoms with Gasteiger partial charge in [0.1, 0.15) is 6.04 Å². The molecule has 1 N–H and O–H groups in total. The van der Waals surface area contributed by atoms with Crippen LogP contribution in [0.15, 0.2) is 30.6 Å². The standard InChI is InChI=1S/C15H15N3O3/c1-9(15(20)21)18(11-3-4-11)14(19)10-2-5-12-13(8-10)17-7-6-16-12/h2,5-9,11H,3-4H2,1H3,(H,20,21). The van der Waals surface area contributed by atoms with Gasteiger partial charge in [0.2, 0.25) is 0 Å². The maximum Gasteiger partial charge on any atom is 0.326 e. The van der Waals surface area contributed by atoms with Crippen LogP contribution in [0.2, 0.25) is 0 Å². The molecule has 6 heteroatoms. The summed E-state index contributed by atoms with van der Waals surface area (Å²) >= 11 is 0. The van der Waals surface area contributed by atoms with Crippen LogP contribution in [0.4, 0.5) is 0 Å². The largest absolute Gasteiger partial charge is 0.480 e. The zero-order valence-electron chi connectivity index (χ0n) is 11.6. The van der Waals surface area contributed by atoms with Crippen LogP contribution in [0.25, 0.3) is 11.0 Å². The Bertz CT molecular complexity index is 712. The van der Waals surface area contributed by atoms with Crippen molar-refractivity contribution < 1.29 is 14.7 Å². The fraction of sp³-hybridized carbons (Fsp3) is 0.333. The third-order valence-electron chi connectivity index (χ3n) is 3.67. The van der Waals surface area contributed by atoms with Gasteiger partial charge in [0.25, 0.3) is 5.91 Å². The number of carbonyl (C=O) groups excluding carboxylic acids is 1. The van der Waals surface area contributed by atoms with Crippen molar-refractivity contribution in [2.75, 3.05) is 0 Å². The monoisotopic (exact) mass is 285 g/mol. The van der Waals surface area contributed by atoms with Crippen molar-refractivity contribution in [3.05, 3.63) is 36.2 Å². The van der Waals surface area contributed by atoms with E-state index in [2.05, 4.69) is 9.97 Å². The van der Waals surface area contributed by atoms with Crippen molar-refractivity contribution in [3.8, 4) is 0 Å². The van der Waals surface area contributed by atoms with E-state index in [9.17, 15) is 14.7 Å². The average molecular weight is 285 g/mol. The summed E-state index contributed by atoms with van der Waals surface area (Å²) in [4.78, 5) is 33.6. The molecule has 108 valence electrons. The van der Waals surface area contributed by atoms with Gasteiger partial charge in [-0.25, -0.2) is 4.79 Å². The Kier molecular flexibility index (Phi) is 3.29. The first-order chi connectivity index (χ1) is 10.1. The minimum atomic E-state index is -0.990. The molecule has 6 nitrogen and oxygen atoms in total. The number of hydrogen-bond acceptors (Lipinski definition) is 4. The third kappa shape index (κ3) is 2.56. The second-order valence-corrected chi connectivity index (χ2v) is 5.22. The fourth-order valence-electron chi connectivity index (χ4n) is 2.37. The molecule has 1 aromatic heterocycles. The Morgan fingerprint density at radius 3 is 2.52 bits per heavy atom. The number of carbonyl (C=O) groups is 2. The Labute approximate surface area is 121 Å². The Morgan fingerprint density at radius 2 is 1.90 bits per heavy atom. The molecule has 0 spiro atoms. The lowest BCUT2D eigenvalue weighted by Gasteiger charge is -2.26. The highest BCUT2D eigenvalue weighted by Crippen LogP contribution is 2.30. The van der Waals surface area contributed by atoms with Gasteiger partial charge >= 0.3 is 5.97 Å². The second kappa shape index (κ2) is 5.12. The molecule has 1 unspecified atom stereocenters. The molecule has 0 bridgehead atoms. The minimum Gasteiger partial charge on any atom is -0.480 e. The van der Waals surface area contributed by atoms with Crippen molar-refractivity contribution in [2.24, 2.45) is 0 Å². The molecule has 2 aromatic rings. The molecule has 0 saturated heterocycles. The van der Waals surface area contributed by atoms with Crippen molar-refractivity contribution >= 4 is 22.9 Å². The molecule has 1 amide bonds.